The minimum atomic E-state index is -0.482. The van der Waals surface area contributed by atoms with Crippen molar-refractivity contribution >= 4 is 23.2 Å². The lowest BCUT2D eigenvalue weighted by Crippen LogP contribution is -2.62. The fourth-order valence-corrected chi connectivity index (χ4v) is 2.76. The van der Waals surface area contributed by atoms with Crippen molar-refractivity contribution in [3.8, 4) is 0 Å². The molecular formula is C16H23N3O2. The average Bonchev–Trinajstić information content (AvgIpc) is 2.43. The Morgan fingerprint density at radius 3 is 2.52 bits per heavy atom. The maximum Gasteiger partial charge on any atom is 0.250 e. The minimum absolute atomic E-state index is 0.0602. The molecule has 1 fully saturated rings. The Bertz CT molecular complexity index is 569. The summed E-state index contributed by atoms with van der Waals surface area (Å²) in [6, 6.07) is 4.95. The van der Waals surface area contributed by atoms with Crippen LogP contribution >= 0.6 is 0 Å². The zero-order chi connectivity index (χ0) is 15.7. The topological polar surface area (TPSA) is 52.7 Å². The van der Waals surface area contributed by atoms with Crippen molar-refractivity contribution in [3.63, 3.8) is 0 Å². The molecule has 0 radical (unpaired) electrons. The summed E-state index contributed by atoms with van der Waals surface area (Å²) in [5.74, 6) is -0.147. The largest absolute Gasteiger partial charge is 0.377 e. The van der Waals surface area contributed by atoms with E-state index in [1.165, 1.54) is 0 Å². The van der Waals surface area contributed by atoms with Crippen molar-refractivity contribution in [2.45, 2.75) is 39.3 Å². The van der Waals surface area contributed by atoms with E-state index in [4.69, 9.17) is 0 Å². The molecule has 0 spiro atoms. The number of hydrogen-bond donors (Lipinski definition) is 1. The first-order valence-corrected chi connectivity index (χ1v) is 7.28. The first-order chi connectivity index (χ1) is 9.86. The molecule has 2 atom stereocenters. The molecule has 1 aliphatic heterocycles. The second kappa shape index (κ2) is 5.76. The fourth-order valence-electron chi connectivity index (χ4n) is 2.76. The molecule has 2 amide bonds. The first-order valence-electron chi connectivity index (χ1n) is 7.28. The molecule has 1 aromatic carbocycles. The van der Waals surface area contributed by atoms with Crippen LogP contribution in [0.3, 0.4) is 0 Å². The van der Waals surface area contributed by atoms with Crippen LogP contribution in [0.15, 0.2) is 18.2 Å². The van der Waals surface area contributed by atoms with Crippen LogP contribution in [0.1, 0.15) is 25.8 Å². The molecule has 0 bridgehead atoms. The predicted octanol–water partition coefficient (Wildman–Crippen LogP) is 1.69. The van der Waals surface area contributed by atoms with E-state index in [1.54, 1.807) is 11.8 Å². The molecule has 5 heteroatoms. The maximum atomic E-state index is 12.5. The second-order valence-corrected chi connectivity index (χ2v) is 5.73. The van der Waals surface area contributed by atoms with E-state index in [9.17, 15) is 9.59 Å². The molecule has 114 valence electrons. The lowest BCUT2D eigenvalue weighted by Gasteiger charge is -2.38. The highest BCUT2D eigenvalue weighted by atomic mass is 16.2. The zero-order valence-corrected chi connectivity index (χ0v) is 13.3. The van der Waals surface area contributed by atoms with Gasteiger partial charge in [0.25, 0.3) is 0 Å². The van der Waals surface area contributed by atoms with Crippen LogP contribution < -0.4 is 15.1 Å². The Morgan fingerprint density at radius 1 is 1.29 bits per heavy atom. The van der Waals surface area contributed by atoms with Crippen LogP contribution in [0.4, 0.5) is 11.4 Å². The number of aryl methyl sites for hydroxylation is 1. The van der Waals surface area contributed by atoms with Gasteiger partial charge in [-0.25, -0.2) is 0 Å². The van der Waals surface area contributed by atoms with Gasteiger partial charge < -0.3 is 10.2 Å². The summed E-state index contributed by atoms with van der Waals surface area (Å²) in [6.07, 6.45) is 0.593. The van der Waals surface area contributed by atoms with Gasteiger partial charge in [0.05, 0.1) is 0 Å². The third-order valence-corrected chi connectivity index (χ3v) is 3.92. The van der Waals surface area contributed by atoms with E-state index in [2.05, 4.69) is 5.32 Å². The summed E-state index contributed by atoms with van der Waals surface area (Å²) in [4.78, 5) is 28.3. The number of amides is 2. The zero-order valence-electron chi connectivity index (χ0n) is 13.3. The fraction of sp³-hybridized carbons (Fsp3) is 0.500. The summed E-state index contributed by atoms with van der Waals surface area (Å²) in [7, 11) is 3.94. The quantitative estimate of drug-likeness (QED) is 0.921. The molecule has 21 heavy (non-hydrogen) atoms. The van der Waals surface area contributed by atoms with Crippen molar-refractivity contribution in [2.75, 3.05) is 23.9 Å². The molecular weight excluding hydrogens is 266 g/mol. The van der Waals surface area contributed by atoms with Gasteiger partial charge >= 0.3 is 0 Å². The van der Waals surface area contributed by atoms with Gasteiger partial charge in [0.2, 0.25) is 11.8 Å². The number of carbonyl (C=O) groups excluding carboxylic acids is 2. The van der Waals surface area contributed by atoms with E-state index in [0.717, 1.165) is 16.9 Å². The molecule has 1 heterocycles. The van der Waals surface area contributed by atoms with Crippen LogP contribution in [-0.2, 0) is 9.59 Å². The van der Waals surface area contributed by atoms with Crippen molar-refractivity contribution in [1.82, 2.24) is 5.32 Å². The van der Waals surface area contributed by atoms with Gasteiger partial charge in [0, 0.05) is 25.5 Å². The first kappa shape index (κ1) is 15.4. The Hall–Kier alpha value is -2.04. The molecule has 1 N–H and O–H groups in total. The molecule has 1 aromatic rings. The van der Waals surface area contributed by atoms with Crippen molar-refractivity contribution < 1.29 is 9.59 Å². The van der Waals surface area contributed by atoms with Crippen LogP contribution in [0, 0.1) is 6.92 Å². The molecule has 2 rings (SSSR count). The predicted molar refractivity (Wildman–Crippen MR) is 84.7 cm³/mol. The highest BCUT2D eigenvalue weighted by Gasteiger charge is 2.38. The Balaban J connectivity index is 2.48. The van der Waals surface area contributed by atoms with Gasteiger partial charge in [-0.1, -0.05) is 13.0 Å². The van der Waals surface area contributed by atoms with E-state index in [0.29, 0.717) is 6.42 Å². The number of carbonyl (C=O) groups is 2. The molecule has 2 unspecified atom stereocenters. The van der Waals surface area contributed by atoms with Crippen LogP contribution in [0.25, 0.3) is 0 Å². The van der Waals surface area contributed by atoms with Gasteiger partial charge in [0.15, 0.2) is 0 Å². The van der Waals surface area contributed by atoms with E-state index < -0.39 is 12.1 Å². The number of hydrogen-bond acceptors (Lipinski definition) is 3. The normalized spacial score (nSPS) is 22.2. The number of rotatable bonds is 3. The van der Waals surface area contributed by atoms with Gasteiger partial charge in [-0.15, -0.1) is 0 Å². The van der Waals surface area contributed by atoms with Crippen molar-refractivity contribution in [3.05, 3.63) is 23.8 Å². The Labute approximate surface area is 125 Å². The summed E-state index contributed by atoms with van der Waals surface area (Å²) in [5.41, 5.74) is 2.97. The van der Waals surface area contributed by atoms with Gasteiger partial charge in [-0.2, -0.15) is 0 Å². The maximum absolute atomic E-state index is 12.5. The highest BCUT2D eigenvalue weighted by molar-refractivity contribution is 6.08. The molecule has 1 saturated heterocycles. The van der Waals surface area contributed by atoms with Crippen LogP contribution in [0.2, 0.25) is 0 Å². The second-order valence-electron chi connectivity index (χ2n) is 5.73. The SMILES string of the molecule is CCC1C(=O)NC(C)C(=O)N1c1ccc(C)c(N(C)C)c1. The summed E-state index contributed by atoms with van der Waals surface area (Å²) >= 11 is 0. The highest BCUT2D eigenvalue weighted by Crippen LogP contribution is 2.29. The third-order valence-electron chi connectivity index (χ3n) is 3.92. The van der Waals surface area contributed by atoms with Crippen LogP contribution in [0.5, 0.6) is 0 Å². The Morgan fingerprint density at radius 2 is 1.95 bits per heavy atom. The number of anilines is 2. The third kappa shape index (κ3) is 2.73. The standard InChI is InChI=1S/C16H23N3O2/c1-6-13-15(20)17-11(3)16(21)19(13)12-8-7-10(2)14(9-12)18(4)5/h7-9,11,13H,6H2,1-5H3,(H,17,20). The minimum Gasteiger partial charge on any atom is -0.377 e. The average molecular weight is 289 g/mol. The Kier molecular flexibility index (Phi) is 4.21. The van der Waals surface area contributed by atoms with Gasteiger partial charge in [-0.3, -0.25) is 14.5 Å². The molecule has 0 aliphatic carbocycles. The van der Waals surface area contributed by atoms with Crippen LogP contribution in [-0.4, -0.2) is 38.0 Å². The molecule has 0 aromatic heterocycles. The van der Waals surface area contributed by atoms with Gasteiger partial charge in [0.1, 0.15) is 12.1 Å². The van der Waals surface area contributed by atoms with E-state index in [-0.39, 0.29) is 11.8 Å². The van der Waals surface area contributed by atoms with Crippen molar-refractivity contribution in [1.29, 1.82) is 0 Å². The monoisotopic (exact) mass is 289 g/mol. The lowest BCUT2D eigenvalue weighted by molar-refractivity contribution is -0.133. The summed E-state index contributed by atoms with van der Waals surface area (Å²) in [5, 5.41) is 2.74. The molecule has 0 saturated carbocycles. The summed E-state index contributed by atoms with van der Waals surface area (Å²) < 4.78 is 0. The van der Waals surface area contributed by atoms with Crippen molar-refractivity contribution in [2.24, 2.45) is 0 Å². The molecule has 5 nitrogen and oxygen atoms in total. The smallest absolute Gasteiger partial charge is 0.250 e. The van der Waals surface area contributed by atoms with E-state index in [1.807, 2.05) is 51.0 Å². The number of benzene rings is 1. The number of nitrogens with zero attached hydrogens (tertiary/aromatic N) is 2. The number of piperazine rings is 1. The summed E-state index contributed by atoms with van der Waals surface area (Å²) in [6.45, 7) is 5.67. The molecule has 1 aliphatic rings. The lowest BCUT2D eigenvalue weighted by atomic mass is 10.0. The number of nitrogens with one attached hydrogen (secondary N) is 1. The van der Waals surface area contributed by atoms with E-state index >= 15 is 0 Å². The van der Waals surface area contributed by atoms with Gasteiger partial charge in [-0.05, 0) is 38.0 Å².